The molecule has 0 unspecified atom stereocenters. The first-order valence-corrected chi connectivity index (χ1v) is 8.47. The summed E-state index contributed by atoms with van der Waals surface area (Å²) < 4.78 is 10.6. The first-order chi connectivity index (χ1) is 11.3. The minimum Gasteiger partial charge on any atom is -0.483 e. The monoisotopic (exact) mass is 335 g/mol. The standard InChI is InChI=1S/C19H29NO4/c1-6-23-19(22)10-11-20(12-14(2)3)18(21)13-24-17-9-7-8-15(4)16(17)5/h7-9,14H,6,10-13H2,1-5H3. The van der Waals surface area contributed by atoms with E-state index >= 15 is 0 Å². The Morgan fingerprint density at radius 3 is 2.54 bits per heavy atom. The second-order valence-electron chi connectivity index (χ2n) is 6.28. The zero-order chi connectivity index (χ0) is 18.1. The van der Waals surface area contributed by atoms with Crippen LogP contribution in [-0.2, 0) is 14.3 Å². The van der Waals surface area contributed by atoms with Gasteiger partial charge in [-0.05, 0) is 43.9 Å². The van der Waals surface area contributed by atoms with Gasteiger partial charge in [0, 0.05) is 13.1 Å². The highest BCUT2D eigenvalue weighted by atomic mass is 16.5. The summed E-state index contributed by atoms with van der Waals surface area (Å²) in [5.74, 6) is 0.637. The Morgan fingerprint density at radius 2 is 1.92 bits per heavy atom. The Kier molecular flexibility index (Phi) is 8.30. The Morgan fingerprint density at radius 1 is 1.21 bits per heavy atom. The molecule has 1 aromatic carbocycles. The molecule has 0 radical (unpaired) electrons. The molecule has 0 fully saturated rings. The molecule has 0 spiro atoms. The maximum absolute atomic E-state index is 12.5. The number of esters is 1. The van der Waals surface area contributed by atoms with Crippen LogP contribution >= 0.6 is 0 Å². The van der Waals surface area contributed by atoms with Crippen molar-refractivity contribution in [3.05, 3.63) is 29.3 Å². The van der Waals surface area contributed by atoms with Crippen LogP contribution < -0.4 is 4.74 Å². The van der Waals surface area contributed by atoms with Crippen LogP contribution in [0.25, 0.3) is 0 Å². The summed E-state index contributed by atoms with van der Waals surface area (Å²) in [4.78, 5) is 25.7. The van der Waals surface area contributed by atoms with E-state index in [-0.39, 0.29) is 24.9 Å². The number of carbonyl (C=O) groups is 2. The van der Waals surface area contributed by atoms with Gasteiger partial charge in [-0.2, -0.15) is 0 Å². The number of benzene rings is 1. The number of amides is 1. The van der Waals surface area contributed by atoms with E-state index in [0.717, 1.165) is 16.9 Å². The summed E-state index contributed by atoms with van der Waals surface area (Å²) in [6.07, 6.45) is 0.204. The highest BCUT2D eigenvalue weighted by molar-refractivity contribution is 5.78. The molecule has 1 aromatic rings. The van der Waals surface area contributed by atoms with Crippen molar-refractivity contribution < 1.29 is 19.1 Å². The summed E-state index contributed by atoms with van der Waals surface area (Å²) in [6.45, 7) is 11.1. The first kappa shape index (κ1) is 20.0. The molecule has 5 nitrogen and oxygen atoms in total. The lowest BCUT2D eigenvalue weighted by Gasteiger charge is -2.24. The second-order valence-corrected chi connectivity index (χ2v) is 6.28. The van der Waals surface area contributed by atoms with E-state index in [9.17, 15) is 9.59 Å². The SMILES string of the molecule is CCOC(=O)CCN(CC(C)C)C(=O)COc1cccc(C)c1C. The average molecular weight is 335 g/mol. The molecule has 0 N–H and O–H groups in total. The molecule has 24 heavy (non-hydrogen) atoms. The molecule has 0 aliphatic heterocycles. The van der Waals surface area contributed by atoms with Gasteiger partial charge >= 0.3 is 5.97 Å². The quantitative estimate of drug-likeness (QED) is 0.651. The number of rotatable bonds is 9. The number of hydrogen-bond donors (Lipinski definition) is 0. The maximum atomic E-state index is 12.5. The molecule has 0 saturated heterocycles. The van der Waals surface area contributed by atoms with Gasteiger partial charge in [-0.15, -0.1) is 0 Å². The van der Waals surface area contributed by atoms with Crippen molar-refractivity contribution in [2.24, 2.45) is 5.92 Å². The predicted octanol–water partition coefficient (Wildman–Crippen LogP) is 3.12. The minimum atomic E-state index is -0.283. The van der Waals surface area contributed by atoms with E-state index < -0.39 is 0 Å². The lowest BCUT2D eigenvalue weighted by Crippen LogP contribution is -2.39. The number of hydrogen-bond acceptors (Lipinski definition) is 4. The van der Waals surface area contributed by atoms with Crippen LogP contribution in [0.1, 0.15) is 38.3 Å². The molecule has 1 amide bonds. The molecular weight excluding hydrogens is 306 g/mol. The van der Waals surface area contributed by atoms with Gasteiger partial charge in [-0.25, -0.2) is 0 Å². The highest BCUT2D eigenvalue weighted by Crippen LogP contribution is 2.20. The smallest absolute Gasteiger partial charge is 0.307 e. The second kappa shape index (κ2) is 9.96. The van der Waals surface area contributed by atoms with Gasteiger partial charge in [-0.3, -0.25) is 9.59 Å². The number of aryl methyl sites for hydroxylation is 1. The Bertz CT molecular complexity index is 554. The zero-order valence-corrected chi connectivity index (χ0v) is 15.4. The Hall–Kier alpha value is -2.04. The maximum Gasteiger partial charge on any atom is 0.307 e. The van der Waals surface area contributed by atoms with Gasteiger partial charge in [-0.1, -0.05) is 26.0 Å². The molecular formula is C19H29NO4. The summed E-state index contributed by atoms with van der Waals surface area (Å²) in [7, 11) is 0. The van der Waals surface area contributed by atoms with E-state index in [0.29, 0.717) is 25.6 Å². The molecule has 0 aliphatic carbocycles. The molecule has 134 valence electrons. The van der Waals surface area contributed by atoms with E-state index in [4.69, 9.17) is 9.47 Å². The molecule has 0 saturated carbocycles. The third-order valence-electron chi connectivity index (χ3n) is 3.74. The van der Waals surface area contributed by atoms with Crippen LogP contribution in [-0.4, -0.2) is 43.1 Å². The molecule has 0 bridgehead atoms. The summed E-state index contributed by atoms with van der Waals surface area (Å²) in [5, 5.41) is 0. The molecule has 1 rings (SSSR count). The van der Waals surface area contributed by atoms with Crippen LogP contribution in [0.3, 0.4) is 0 Å². The molecule has 0 atom stereocenters. The van der Waals surface area contributed by atoms with Crippen molar-refractivity contribution in [3.8, 4) is 5.75 Å². The first-order valence-electron chi connectivity index (χ1n) is 8.47. The average Bonchev–Trinajstić information content (AvgIpc) is 2.52. The zero-order valence-electron chi connectivity index (χ0n) is 15.4. The summed E-state index contributed by atoms with van der Waals surface area (Å²) in [5.41, 5.74) is 2.16. The summed E-state index contributed by atoms with van der Waals surface area (Å²) >= 11 is 0. The van der Waals surface area contributed by atoms with Gasteiger partial charge in [0.05, 0.1) is 13.0 Å². The lowest BCUT2D eigenvalue weighted by atomic mass is 10.1. The number of nitrogens with zero attached hydrogens (tertiary/aromatic N) is 1. The lowest BCUT2D eigenvalue weighted by molar-refractivity contribution is -0.144. The number of carbonyl (C=O) groups excluding carboxylic acids is 2. The van der Waals surface area contributed by atoms with Gasteiger partial charge in [0.1, 0.15) is 5.75 Å². The van der Waals surface area contributed by atoms with Crippen LogP contribution in [0.2, 0.25) is 0 Å². The predicted molar refractivity (Wildman–Crippen MR) is 94.1 cm³/mol. The fraction of sp³-hybridized carbons (Fsp3) is 0.579. The van der Waals surface area contributed by atoms with Crippen LogP contribution in [0.4, 0.5) is 0 Å². The van der Waals surface area contributed by atoms with Crippen LogP contribution in [0.5, 0.6) is 5.75 Å². The Labute approximate surface area is 144 Å². The van der Waals surface area contributed by atoms with Gasteiger partial charge in [0.25, 0.3) is 5.91 Å². The topological polar surface area (TPSA) is 55.8 Å². The van der Waals surface area contributed by atoms with Crippen LogP contribution in [0.15, 0.2) is 18.2 Å². The molecule has 0 aliphatic rings. The van der Waals surface area contributed by atoms with Gasteiger partial charge in [0.15, 0.2) is 6.61 Å². The van der Waals surface area contributed by atoms with E-state index in [2.05, 4.69) is 0 Å². The third kappa shape index (κ3) is 6.60. The van der Waals surface area contributed by atoms with Crippen molar-refractivity contribution in [2.45, 2.75) is 41.0 Å². The van der Waals surface area contributed by atoms with Crippen molar-refractivity contribution in [1.29, 1.82) is 0 Å². The van der Waals surface area contributed by atoms with Gasteiger partial charge in [0.2, 0.25) is 0 Å². The normalized spacial score (nSPS) is 10.6. The van der Waals surface area contributed by atoms with Gasteiger partial charge < -0.3 is 14.4 Å². The molecule has 0 aromatic heterocycles. The fourth-order valence-electron chi connectivity index (χ4n) is 2.33. The van der Waals surface area contributed by atoms with Crippen molar-refractivity contribution >= 4 is 11.9 Å². The largest absolute Gasteiger partial charge is 0.483 e. The summed E-state index contributed by atoms with van der Waals surface area (Å²) in [6, 6.07) is 5.78. The van der Waals surface area contributed by atoms with Crippen molar-refractivity contribution in [3.63, 3.8) is 0 Å². The van der Waals surface area contributed by atoms with E-state index in [1.165, 1.54) is 0 Å². The minimum absolute atomic E-state index is 0.0279. The Balaban J connectivity index is 2.63. The molecule has 0 heterocycles. The van der Waals surface area contributed by atoms with Crippen LogP contribution in [0, 0.1) is 19.8 Å². The van der Waals surface area contributed by atoms with Crippen molar-refractivity contribution in [1.82, 2.24) is 4.90 Å². The van der Waals surface area contributed by atoms with Crippen molar-refractivity contribution in [2.75, 3.05) is 26.3 Å². The van der Waals surface area contributed by atoms with E-state index in [1.807, 2.05) is 45.9 Å². The van der Waals surface area contributed by atoms with E-state index in [1.54, 1.807) is 11.8 Å². The highest BCUT2D eigenvalue weighted by Gasteiger charge is 2.17. The fourth-order valence-corrected chi connectivity index (χ4v) is 2.33. The molecule has 5 heteroatoms. The number of ether oxygens (including phenoxy) is 2. The third-order valence-corrected chi connectivity index (χ3v) is 3.74.